The van der Waals surface area contributed by atoms with E-state index in [-0.39, 0.29) is 11.3 Å². The van der Waals surface area contributed by atoms with Crippen LogP contribution in [-0.4, -0.2) is 36.0 Å². The molecule has 158 valence electrons. The fourth-order valence-electron chi connectivity index (χ4n) is 3.65. The lowest BCUT2D eigenvalue weighted by molar-refractivity contribution is -0.132. The number of aryl methyl sites for hydroxylation is 1. The molecule has 1 aliphatic heterocycles. The van der Waals surface area contributed by atoms with Crippen molar-refractivity contribution in [3.8, 4) is 11.5 Å². The van der Waals surface area contributed by atoms with Crippen molar-refractivity contribution in [2.75, 3.05) is 19.1 Å². The summed E-state index contributed by atoms with van der Waals surface area (Å²) in [7, 11) is 3.12. The van der Waals surface area contributed by atoms with Crippen molar-refractivity contribution in [2.24, 2.45) is 0 Å². The van der Waals surface area contributed by atoms with Gasteiger partial charge in [-0.05, 0) is 48.4 Å². The molecule has 0 saturated carbocycles. The number of ketones is 1. The maximum absolute atomic E-state index is 13.1. The zero-order chi connectivity index (χ0) is 22.1. The van der Waals surface area contributed by atoms with E-state index in [4.69, 9.17) is 9.47 Å². The van der Waals surface area contributed by atoms with Crippen LogP contribution >= 0.6 is 11.3 Å². The number of ether oxygens (including phenoxy) is 2. The van der Waals surface area contributed by atoms with Crippen LogP contribution in [0.4, 0.5) is 5.13 Å². The van der Waals surface area contributed by atoms with Gasteiger partial charge in [-0.15, -0.1) is 11.3 Å². The molecular weight excluding hydrogens is 416 g/mol. The Kier molecular flexibility index (Phi) is 5.48. The molecule has 2 aromatic carbocycles. The summed E-state index contributed by atoms with van der Waals surface area (Å²) in [5.41, 5.74) is 1.88. The number of nitrogens with zero attached hydrogens (tertiary/aromatic N) is 2. The van der Waals surface area contributed by atoms with E-state index in [1.807, 2.05) is 6.92 Å². The normalized spacial score (nSPS) is 17.8. The van der Waals surface area contributed by atoms with Gasteiger partial charge in [0.05, 0.1) is 25.8 Å². The molecule has 8 heteroatoms. The Bertz CT molecular complexity index is 1170. The Labute approximate surface area is 183 Å². The average Bonchev–Trinajstić information content (AvgIpc) is 3.40. The summed E-state index contributed by atoms with van der Waals surface area (Å²) in [6.07, 6.45) is 1.57. The highest BCUT2D eigenvalue weighted by Gasteiger charge is 2.48. The molecule has 2 heterocycles. The van der Waals surface area contributed by atoms with Crippen molar-refractivity contribution >= 4 is 33.9 Å². The van der Waals surface area contributed by atoms with Gasteiger partial charge in [-0.25, -0.2) is 4.98 Å². The predicted octanol–water partition coefficient (Wildman–Crippen LogP) is 4.10. The third-order valence-electron chi connectivity index (χ3n) is 5.17. The lowest BCUT2D eigenvalue weighted by atomic mass is 9.95. The zero-order valence-electron chi connectivity index (χ0n) is 17.2. The van der Waals surface area contributed by atoms with Crippen LogP contribution in [0.3, 0.4) is 0 Å². The molecule has 1 fully saturated rings. The Balaban J connectivity index is 1.91. The van der Waals surface area contributed by atoms with Crippen LogP contribution < -0.4 is 14.4 Å². The number of rotatable bonds is 5. The number of anilines is 1. The summed E-state index contributed by atoms with van der Waals surface area (Å²) in [5, 5.41) is 13.3. The molecule has 1 aromatic heterocycles. The molecule has 1 unspecified atom stereocenters. The fraction of sp³-hybridized carbons (Fsp3) is 0.174. The van der Waals surface area contributed by atoms with E-state index in [1.165, 1.54) is 16.2 Å². The van der Waals surface area contributed by atoms with E-state index >= 15 is 0 Å². The maximum Gasteiger partial charge on any atom is 0.301 e. The number of hydrogen-bond acceptors (Lipinski definition) is 7. The van der Waals surface area contributed by atoms with Crippen molar-refractivity contribution in [2.45, 2.75) is 13.0 Å². The van der Waals surface area contributed by atoms with Crippen LogP contribution in [0.15, 0.2) is 59.6 Å². The first kappa shape index (κ1) is 20.6. The van der Waals surface area contributed by atoms with Gasteiger partial charge in [0.25, 0.3) is 5.78 Å². The van der Waals surface area contributed by atoms with Gasteiger partial charge in [-0.1, -0.05) is 12.1 Å². The molecule has 0 bridgehead atoms. The number of carbonyl (C=O) groups excluding carboxylic acids is 2. The lowest BCUT2D eigenvalue weighted by Gasteiger charge is -2.23. The van der Waals surface area contributed by atoms with Crippen LogP contribution in [0.2, 0.25) is 0 Å². The van der Waals surface area contributed by atoms with Crippen molar-refractivity contribution < 1.29 is 24.2 Å². The van der Waals surface area contributed by atoms with Crippen LogP contribution in [-0.2, 0) is 9.59 Å². The van der Waals surface area contributed by atoms with Gasteiger partial charge in [0.15, 0.2) is 5.13 Å². The van der Waals surface area contributed by atoms with Crippen LogP contribution in [0.5, 0.6) is 11.5 Å². The number of aliphatic hydroxyl groups is 1. The van der Waals surface area contributed by atoms with Gasteiger partial charge in [-0.3, -0.25) is 14.5 Å². The summed E-state index contributed by atoms with van der Waals surface area (Å²) < 4.78 is 10.5. The molecule has 1 amide bonds. The summed E-state index contributed by atoms with van der Waals surface area (Å²) in [5.74, 6) is -0.444. The van der Waals surface area contributed by atoms with E-state index < -0.39 is 17.7 Å². The largest absolute Gasteiger partial charge is 0.507 e. The molecule has 7 nitrogen and oxygen atoms in total. The van der Waals surface area contributed by atoms with Gasteiger partial charge in [0.1, 0.15) is 17.3 Å². The molecule has 0 spiro atoms. The van der Waals surface area contributed by atoms with Crippen molar-refractivity contribution in [3.05, 3.63) is 76.3 Å². The highest BCUT2D eigenvalue weighted by atomic mass is 32.1. The Morgan fingerprint density at radius 2 is 1.84 bits per heavy atom. The first-order valence-electron chi connectivity index (χ1n) is 9.45. The molecular formula is C23H20N2O5S. The second kappa shape index (κ2) is 8.23. The molecule has 0 radical (unpaired) electrons. The van der Waals surface area contributed by atoms with E-state index in [2.05, 4.69) is 4.98 Å². The summed E-state index contributed by atoms with van der Waals surface area (Å²) >= 11 is 1.25. The number of amides is 1. The van der Waals surface area contributed by atoms with E-state index in [9.17, 15) is 14.7 Å². The van der Waals surface area contributed by atoms with Gasteiger partial charge in [0.2, 0.25) is 0 Å². The molecule has 1 saturated heterocycles. The summed E-state index contributed by atoms with van der Waals surface area (Å²) in [6.45, 7) is 1.84. The minimum absolute atomic E-state index is 0.00920. The van der Waals surface area contributed by atoms with Gasteiger partial charge >= 0.3 is 5.91 Å². The predicted molar refractivity (Wildman–Crippen MR) is 118 cm³/mol. The van der Waals surface area contributed by atoms with E-state index in [0.29, 0.717) is 27.8 Å². The Morgan fingerprint density at radius 3 is 2.42 bits per heavy atom. The smallest absolute Gasteiger partial charge is 0.301 e. The number of hydrogen-bond donors (Lipinski definition) is 1. The van der Waals surface area contributed by atoms with Gasteiger partial charge in [-0.2, -0.15) is 0 Å². The van der Waals surface area contributed by atoms with Crippen LogP contribution in [0, 0.1) is 6.92 Å². The molecule has 4 rings (SSSR count). The first-order chi connectivity index (χ1) is 15.0. The molecule has 31 heavy (non-hydrogen) atoms. The third-order valence-corrected chi connectivity index (χ3v) is 5.94. The molecule has 1 atom stereocenters. The number of aromatic nitrogens is 1. The molecule has 1 N–H and O–H groups in total. The first-order valence-corrected chi connectivity index (χ1v) is 10.3. The number of Topliss-reactive ketones (excluding diaryl/α,β-unsaturated/α-hetero) is 1. The Morgan fingerprint density at radius 1 is 1.10 bits per heavy atom. The number of carbonyl (C=O) groups is 2. The van der Waals surface area contributed by atoms with Gasteiger partial charge < -0.3 is 14.6 Å². The topological polar surface area (TPSA) is 89.0 Å². The quantitative estimate of drug-likeness (QED) is 0.368. The second-order valence-corrected chi connectivity index (χ2v) is 7.81. The van der Waals surface area contributed by atoms with Crippen molar-refractivity contribution in [1.29, 1.82) is 0 Å². The standard InChI is InChI=1S/C23H20N2O5S/c1-13-12-15(6-9-17(13)30-3)20(26)18-19(14-4-7-16(29-2)8-5-14)25(22(28)21(18)27)23-24-10-11-31-23/h4-12,19,26H,1-3H3. The fourth-order valence-corrected chi connectivity index (χ4v) is 4.31. The minimum atomic E-state index is -0.820. The highest BCUT2D eigenvalue weighted by molar-refractivity contribution is 7.14. The molecule has 3 aromatic rings. The highest BCUT2D eigenvalue weighted by Crippen LogP contribution is 2.43. The maximum atomic E-state index is 13.1. The van der Waals surface area contributed by atoms with Gasteiger partial charge in [0, 0.05) is 17.1 Å². The Hall–Kier alpha value is -3.65. The van der Waals surface area contributed by atoms with Crippen molar-refractivity contribution in [1.82, 2.24) is 4.98 Å². The zero-order valence-corrected chi connectivity index (χ0v) is 18.0. The number of methoxy groups -OCH3 is 2. The molecule has 0 aliphatic carbocycles. The lowest BCUT2D eigenvalue weighted by Crippen LogP contribution is -2.29. The number of aliphatic hydroxyl groups excluding tert-OH is 1. The minimum Gasteiger partial charge on any atom is -0.507 e. The van der Waals surface area contributed by atoms with Crippen LogP contribution in [0.1, 0.15) is 22.7 Å². The van der Waals surface area contributed by atoms with E-state index in [1.54, 1.807) is 68.3 Å². The summed E-state index contributed by atoms with van der Waals surface area (Å²) in [6, 6.07) is 11.3. The molecule has 1 aliphatic rings. The third kappa shape index (κ3) is 3.55. The second-order valence-electron chi connectivity index (χ2n) is 6.94. The average molecular weight is 436 g/mol. The number of benzene rings is 2. The summed E-state index contributed by atoms with van der Waals surface area (Å²) in [4.78, 5) is 31.6. The van der Waals surface area contributed by atoms with Crippen molar-refractivity contribution in [3.63, 3.8) is 0 Å². The van der Waals surface area contributed by atoms with E-state index in [0.717, 1.165) is 5.56 Å². The SMILES string of the molecule is COc1ccc(C2C(=C(O)c3ccc(OC)c(C)c3)C(=O)C(=O)N2c2nccs2)cc1. The number of thiazole rings is 1. The monoisotopic (exact) mass is 436 g/mol. The van der Waals surface area contributed by atoms with Crippen LogP contribution in [0.25, 0.3) is 5.76 Å².